The molecule has 2 aromatic heterocycles. The summed E-state index contributed by atoms with van der Waals surface area (Å²) in [5, 5.41) is 9.74. The van der Waals surface area contributed by atoms with Crippen LogP contribution in [-0.2, 0) is 6.54 Å². The van der Waals surface area contributed by atoms with Crippen LogP contribution in [0.5, 0.6) is 0 Å². The van der Waals surface area contributed by atoms with Crippen molar-refractivity contribution in [2.24, 2.45) is 4.99 Å². The first-order valence-electron chi connectivity index (χ1n) is 10.1. The van der Waals surface area contributed by atoms with Crippen molar-refractivity contribution in [3.05, 3.63) is 66.1 Å². The quantitative estimate of drug-likeness (QED) is 0.460. The molecule has 0 fully saturated rings. The first-order valence-corrected chi connectivity index (χ1v) is 10.1. The predicted octanol–water partition coefficient (Wildman–Crippen LogP) is 4.20. The summed E-state index contributed by atoms with van der Waals surface area (Å²) in [7, 11) is 0. The molecule has 0 amide bonds. The summed E-state index contributed by atoms with van der Waals surface area (Å²) in [6, 6.07) is 13.9. The Morgan fingerprint density at radius 2 is 1.73 bits per heavy atom. The molecule has 1 aliphatic rings. The van der Waals surface area contributed by atoms with Gasteiger partial charge in [-0.1, -0.05) is 43.7 Å². The molecule has 154 valence electrons. The SMILES string of the molecule is CCCCNc1nc(NCc2ccccc2)nc(NC2=NCC(c3ccco3)=C2)n1. The molecule has 1 aromatic carbocycles. The maximum Gasteiger partial charge on any atom is 0.234 e. The highest BCUT2D eigenvalue weighted by Gasteiger charge is 2.14. The zero-order chi connectivity index (χ0) is 20.6. The van der Waals surface area contributed by atoms with Gasteiger partial charge in [0.2, 0.25) is 17.8 Å². The average molecular weight is 403 g/mol. The van der Waals surface area contributed by atoms with E-state index >= 15 is 0 Å². The number of anilines is 3. The number of nitrogens with zero attached hydrogens (tertiary/aromatic N) is 4. The Morgan fingerprint density at radius 3 is 2.50 bits per heavy atom. The third-order valence-corrected chi connectivity index (χ3v) is 4.55. The predicted molar refractivity (Wildman–Crippen MR) is 120 cm³/mol. The number of nitrogens with one attached hydrogen (secondary N) is 3. The fraction of sp³-hybridized carbons (Fsp3) is 0.273. The Balaban J connectivity index is 1.48. The number of aliphatic imine (C=N–C) groups is 1. The summed E-state index contributed by atoms with van der Waals surface area (Å²) in [6.07, 6.45) is 5.75. The summed E-state index contributed by atoms with van der Waals surface area (Å²) in [5.41, 5.74) is 2.17. The maximum absolute atomic E-state index is 5.45. The molecule has 3 N–H and O–H groups in total. The first-order chi connectivity index (χ1) is 14.8. The van der Waals surface area contributed by atoms with Crippen LogP contribution in [-0.4, -0.2) is 33.9 Å². The van der Waals surface area contributed by atoms with Crippen molar-refractivity contribution in [3.63, 3.8) is 0 Å². The second-order valence-corrected chi connectivity index (χ2v) is 6.90. The highest BCUT2D eigenvalue weighted by molar-refractivity contribution is 6.09. The summed E-state index contributed by atoms with van der Waals surface area (Å²) in [4.78, 5) is 18.0. The largest absolute Gasteiger partial charge is 0.465 e. The van der Waals surface area contributed by atoms with Gasteiger partial charge in [-0.3, -0.25) is 4.99 Å². The molecule has 4 rings (SSSR count). The van der Waals surface area contributed by atoms with Crippen molar-refractivity contribution >= 4 is 29.3 Å². The van der Waals surface area contributed by atoms with Gasteiger partial charge in [0, 0.05) is 18.7 Å². The van der Waals surface area contributed by atoms with Crippen molar-refractivity contribution in [1.29, 1.82) is 0 Å². The molecule has 0 unspecified atom stereocenters. The molecule has 0 spiro atoms. The number of hydrogen-bond donors (Lipinski definition) is 3. The molecule has 0 bridgehead atoms. The van der Waals surface area contributed by atoms with E-state index in [0.717, 1.165) is 36.3 Å². The number of rotatable bonds is 9. The number of benzene rings is 1. The Morgan fingerprint density at radius 1 is 0.933 bits per heavy atom. The normalized spacial score (nSPS) is 13.0. The number of hydrogen-bond acceptors (Lipinski definition) is 8. The molecule has 1 aliphatic heterocycles. The molecule has 0 saturated heterocycles. The van der Waals surface area contributed by atoms with Crippen molar-refractivity contribution in [2.45, 2.75) is 26.3 Å². The minimum absolute atomic E-state index is 0.440. The molecular formula is C22H25N7O. The van der Waals surface area contributed by atoms with Crippen molar-refractivity contribution in [2.75, 3.05) is 29.0 Å². The summed E-state index contributed by atoms with van der Waals surface area (Å²) in [5.74, 6) is 2.99. The zero-order valence-corrected chi connectivity index (χ0v) is 16.9. The molecular weight excluding hydrogens is 378 g/mol. The van der Waals surface area contributed by atoms with E-state index in [1.54, 1.807) is 6.26 Å². The lowest BCUT2D eigenvalue weighted by molar-refractivity contribution is 0.552. The summed E-state index contributed by atoms with van der Waals surface area (Å²) >= 11 is 0. The van der Waals surface area contributed by atoms with Crippen molar-refractivity contribution in [1.82, 2.24) is 15.0 Å². The van der Waals surface area contributed by atoms with E-state index in [1.807, 2.05) is 36.4 Å². The molecule has 0 saturated carbocycles. The molecule has 3 heterocycles. The Labute approximate surface area is 175 Å². The van der Waals surface area contributed by atoms with Gasteiger partial charge in [-0.25, -0.2) is 0 Å². The number of unbranched alkanes of at least 4 members (excludes halogenated alkanes) is 1. The third-order valence-electron chi connectivity index (χ3n) is 4.55. The molecule has 3 aromatic rings. The first kappa shape index (κ1) is 19.6. The van der Waals surface area contributed by atoms with E-state index in [-0.39, 0.29) is 0 Å². The summed E-state index contributed by atoms with van der Waals surface area (Å²) in [6.45, 7) is 4.14. The van der Waals surface area contributed by atoms with Gasteiger partial charge in [0.15, 0.2) is 0 Å². The third kappa shape index (κ3) is 5.22. The summed E-state index contributed by atoms with van der Waals surface area (Å²) < 4.78 is 5.45. The lowest BCUT2D eigenvalue weighted by Crippen LogP contribution is -2.15. The highest BCUT2D eigenvalue weighted by atomic mass is 16.3. The highest BCUT2D eigenvalue weighted by Crippen LogP contribution is 2.20. The Kier molecular flexibility index (Phi) is 6.34. The standard InChI is InChI=1S/C22H25N7O/c1-2-3-11-23-20-27-21(25-14-16-8-5-4-6-9-16)29-22(28-20)26-19-13-17(15-24-19)18-10-7-12-30-18/h4-10,12-13H,2-3,11,14-15H2,1H3,(H3,23,24,25,26,27,28,29). The second kappa shape index (κ2) is 9.69. The fourth-order valence-electron chi connectivity index (χ4n) is 2.97. The van der Waals surface area contributed by atoms with Crippen LogP contribution in [0.1, 0.15) is 31.1 Å². The average Bonchev–Trinajstić information content (AvgIpc) is 3.45. The van der Waals surface area contributed by atoms with Gasteiger partial charge in [-0.15, -0.1) is 0 Å². The lowest BCUT2D eigenvalue weighted by atomic mass is 10.2. The Hall–Kier alpha value is -3.68. The van der Waals surface area contributed by atoms with Gasteiger partial charge in [-0.05, 0) is 30.2 Å². The molecule has 8 nitrogen and oxygen atoms in total. The Bertz CT molecular complexity index is 1010. The lowest BCUT2D eigenvalue weighted by Gasteiger charge is -2.11. The minimum atomic E-state index is 0.440. The van der Waals surface area contributed by atoms with Crippen LogP contribution in [0.2, 0.25) is 0 Å². The fourth-order valence-corrected chi connectivity index (χ4v) is 2.97. The monoisotopic (exact) mass is 403 g/mol. The maximum atomic E-state index is 5.45. The molecule has 30 heavy (non-hydrogen) atoms. The zero-order valence-electron chi connectivity index (χ0n) is 16.9. The van der Waals surface area contributed by atoms with Gasteiger partial charge < -0.3 is 20.4 Å². The van der Waals surface area contributed by atoms with Crippen LogP contribution in [0, 0.1) is 0 Å². The van der Waals surface area contributed by atoms with E-state index in [2.05, 4.69) is 55.0 Å². The van der Waals surface area contributed by atoms with Gasteiger partial charge >= 0.3 is 0 Å². The molecule has 0 aliphatic carbocycles. The van der Waals surface area contributed by atoms with E-state index in [9.17, 15) is 0 Å². The number of aromatic nitrogens is 3. The van der Waals surface area contributed by atoms with Crippen LogP contribution in [0.3, 0.4) is 0 Å². The van der Waals surface area contributed by atoms with Crippen LogP contribution in [0.4, 0.5) is 17.8 Å². The van der Waals surface area contributed by atoms with Crippen LogP contribution >= 0.6 is 0 Å². The molecule has 8 heteroatoms. The van der Waals surface area contributed by atoms with Gasteiger partial charge in [0.25, 0.3) is 0 Å². The second-order valence-electron chi connectivity index (χ2n) is 6.90. The van der Waals surface area contributed by atoms with Gasteiger partial charge in [0.1, 0.15) is 11.6 Å². The van der Waals surface area contributed by atoms with Crippen LogP contribution in [0.15, 0.2) is 64.2 Å². The molecule has 0 radical (unpaired) electrons. The number of furan rings is 1. The van der Waals surface area contributed by atoms with E-state index < -0.39 is 0 Å². The van der Waals surface area contributed by atoms with Gasteiger partial charge in [0.05, 0.1) is 12.8 Å². The van der Waals surface area contributed by atoms with Crippen molar-refractivity contribution in [3.8, 4) is 0 Å². The van der Waals surface area contributed by atoms with Gasteiger partial charge in [-0.2, -0.15) is 15.0 Å². The topological polar surface area (TPSA) is 100 Å². The minimum Gasteiger partial charge on any atom is -0.465 e. The van der Waals surface area contributed by atoms with Crippen LogP contribution < -0.4 is 16.0 Å². The van der Waals surface area contributed by atoms with Crippen LogP contribution in [0.25, 0.3) is 5.57 Å². The van der Waals surface area contributed by atoms with E-state index in [1.165, 1.54) is 0 Å². The smallest absolute Gasteiger partial charge is 0.234 e. The van der Waals surface area contributed by atoms with E-state index in [4.69, 9.17) is 4.42 Å². The molecule has 0 atom stereocenters. The van der Waals surface area contributed by atoms with Crippen molar-refractivity contribution < 1.29 is 4.42 Å². The number of amidine groups is 1. The van der Waals surface area contributed by atoms with E-state index in [0.29, 0.717) is 36.8 Å².